The van der Waals surface area contributed by atoms with Crippen LogP contribution in [0.2, 0.25) is 0 Å². The number of amides is 2. The van der Waals surface area contributed by atoms with Crippen LogP contribution in [0.5, 0.6) is 0 Å². The zero-order valence-corrected chi connectivity index (χ0v) is 11.8. The summed E-state index contributed by atoms with van der Waals surface area (Å²) in [6.07, 6.45) is 1.67. The highest BCUT2D eigenvalue weighted by atomic mass is 32.1. The molecule has 2 amide bonds. The third kappa shape index (κ3) is 6.35. The predicted molar refractivity (Wildman–Crippen MR) is 74.8 cm³/mol. The Morgan fingerprint density at radius 2 is 2.21 bits per heavy atom. The maximum atomic E-state index is 11.8. The van der Waals surface area contributed by atoms with E-state index >= 15 is 0 Å². The number of hydrogen-bond donors (Lipinski definition) is 3. The number of unbranched alkanes of at least 4 members (excludes halogenated alkanes) is 1. The Balaban J connectivity index is 2.44. The van der Waals surface area contributed by atoms with E-state index in [1.54, 1.807) is 0 Å². The predicted octanol–water partition coefficient (Wildman–Crippen LogP) is 1.20. The number of aliphatic hydroxyl groups excluding tert-OH is 1. The van der Waals surface area contributed by atoms with Crippen molar-refractivity contribution in [3.05, 3.63) is 22.4 Å². The molecule has 1 rings (SSSR count). The Hall–Kier alpha value is -1.40. The molecule has 0 bridgehead atoms. The first-order valence-electron chi connectivity index (χ1n) is 6.31. The molecule has 0 spiro atoms. The second kappa shape index (κ2) is 8.66. The van der Waals surface area contributed by atoms with E-state index in [0.29, 0.717) is 13.0 Å². The molecule has 0 aliphatic heterocycles. The average Bonchev–Trinajstić information content (AvgIpc) is 2.87. The molecule has 5 nitrogen and oxygen atoms in total. The first-order valence-corrected chi connectivity index (χ1v) is 7.19. The van der Waals surface area contributed by atoms with Crippen LogP contribution < -0.4 is 10.6 Å². The van der Waals surface area contributed by atoms with Gasteiger partial charge in [-0.25, -0.2) is 0 Å². The first kappa shape index (κ1) is 15.7. The smallest absolute Gasteiger partial charge is 0.222 e. The molecule has 6 heteroatoms. The lowest BCUT2D eigenvalue weighted by Crippen LogP contribution is -2.32. The maximum absolute atomic E-state index is 11.8. The number of hydrogen-bond acceptors (Lipinski definition) is 4. The SMILES string of the molecule is CC(=O)NC(CC(=O)NCCCCO)c1cccs1. The molecule has 0 aromatic carbocycles. The van der Waals surface area contributed by atoms with Crippen molar-refractivity contribution in [3.63, 3.8) is 0 Å². The quantitative estimate of drug-likeness (QED) is 0.628. The third-order valence-corrected chi connectivity index (χ3v) is 3.55. The minimum Gasteiger partial charge on any atom is -0.396 e. The highest BCUT2D eigenvalue weighted by Gasteiger charge is 2.17. The first-order chi connectivity index (χ1) is 9.13. The molecule has 1 heterocycles. The van der Waals surface area contributed by atoms with Gasteiger partial charge >= 0.3 is 0 Å². The summed E-state index contributed by atoms with van der Waals surface area (Å²) in [7, 11) is 0. The normalized spacial score (nSPS) is 11.9. The average molecular weight is 284 g/mol. The Labute approximate surface area is 117 Å². The number of carbonyl (C=O) groups excluding carboxylic acids is 2. The van der Waals surface area contributed by atoms with E-state index in [-0.39, 0.29) is 30.9 Å². The van der Waals surface area contributed by atoms with Crippen molar-refractivity contribution in [3.8, 4) is 0 Å². The van der Waals surface area contributed by atoms with Gasteiger partial charge < -0.3 is 15.7 Å². The molecule has 0 aliphatic rings. The van der Waals surface area contributed by atoms with Crippen LogP contribution in [0.1, 0.15) is 37.1 Å². The van der Waals surface area contributed by atoms with Gasteiger partial charge in [-0.05, 0) is 24.3 Å². The highest BCUT2D eigenvalue weighted by Crippen LogP contribution is 2.21. The fourth-order valence-electron chi connectivity index (χ4n) is 1.68. The van der Waals surface area contributed by atoms with E-state index in [1.165, 1.54) is 18.3 Å². The van der Waals surface area contributed by atoms with E-state index in [0.717, 1.165) is 11.3 Å². The number of thiophene rings is 1. The summed E-state index contributed by atoms with van der Waals surface area (Å²) >= 11 is 1.52. The second-order valence-corrected chi connectivity index (χ2v) is 5.23. The van der Waals surface area contributed by atoms with Crippen molar-refractivity contribution in [1.82, 2.24) is 10.6 Å². The van der Waals surface area contributed by atoms with Gasteiger partial charge in [0.25, 0.3) is 0 Å². The summed E-state index contributed by atoms with van der Waals surface area (Å²) in [6, 6.07) is 3.54. The number of carbonyl (C=O) groups is 2. The summed E-state index contributed by atoms with van der Waals surface area (Å²) in [5.74, 6) is -0.239. The van der Waals surface area contributed by atoms with Gasteiger partial charge in [0.1, 0.15) is 0 Å². The number of rotatable bonds is 8. The van der Waals surface area contributed by atoms with Crippen molar-refractivity contribution >= 4 is 23.2 Å². The highest BCUT2D eigenvalue weighted by molar-refractivity contribution is 7.10. The van der Waals surface area contributed by atoms with Crippen LogP contribution in [0, 0.1) is 0 Å². The summed E-state index contributed by atoms with van der Waals surface area (Å²) in [5.41, 5.74) is 0. The fraction of sp³-hybridized carbons (Fsp3) is 0.538. The van der Waals surface area contributed by atoms with Crippen molar-refractivity contribution < 1.29 is 14.7 Å². The molecule has 0 saturated heterocycles. The molecule has 0 aliphatic carbocycles. The van der Waals surface area contributed by atoms with Crippen molar-refractivity contribution in [2.24, 2.45) is 0 Å². The van der Waals surface area contributed by atoms with Crippen LogP contribution in [-0.4, -0.2) is 30.1 Å². The monoisotopic (exact) mass is 284 g/mol. The van der Waals surface area contributed by atoms with Crippen LogP contribution in [0.4, 0.5) is 0 Å². The van der Waals surface area contributed by atoms with Crippen LogP contribution in [-0.2, 0) is 9.59 Å². The largest absolute Gasteiger partial charge is 0.396 e. The summed E-state index contributed by atoms with van der Waals surface area (Å²) in [6.45, 7) is 2.13. The van der Waals surface area contributed by atoms with Crippen LogP contribution in [0.25, 0.3) is 0 Å². The van der Waals surface area contributed by atoms with Crippen LogP contribution >= 0.6 is 11.3 Å². The lowest BCUT2D eigenvalue weighted by molar-refractivity contribution is -0.122. The van der Waals surface area contributed by atoms with Crippen LogP contribution in [0.3, 0.4) is 0 Å². The second-order valence-electron chi connectivity index (χ2n) is 4.25. The molecule has 0 fully saturated rings. The minimum absolute atomic E-state index is 0.0925. The van der Waals surface area contributed by atoms with Gasteiger partial charge in [0, 0.05) is 25.0 Å². The third-order valence-electron chi connectivity index (χ3n) is 2.56. The summed E-state index contributed by atoms with van der Waals surface area (Å²) < 4.78 is 0. The summed E-state index contributed by atoms with van der Waals surface area (Å²) in [5, 5.41) is 16.1. The molecule has 0 radical (unpaired) electrons. The van der Waals surface area contributed by atoms with Gasteiger partial charge in [-0.1, -0.05) is 6.07 Å². The molecule has 1 unspecified atom stereocenters. The molecular formula is C13H20N2O3S. The van der Waals surface area contributed by atoms with Crippen molar-refractivity contribution in [2.45, 2.75) is 32.2 Å². The molecule has 0 saturated carbocycles. The lowest BCUT2D eigenvalue weighted by atomic mass is 10.1. The fourth-order valence-corrected chi connectivity index (χ4v) is 2.46. The zero-order valence-electron chi connectivity index (χ0n) is 11.0. The van der Waals surface area contributed by atoms with Crippen molar-refractivity contribution in [1.29, 1.82) is 0 Å². The van der Waals surface area contributed by atoms with Gasteiger partial charge in [0.2, 0.25) is 11.8 Å². The topological polar surface area (TPSA) is 78.4 Å². The molecular weight excluding hydrogens is 264 g/mol. The molecule has 106 valence electrons. The van der Waals surface area contributed by atoms with E-state index in [9.17, 15) is 9.59 Å². The standard InChI is InChI=1S/C13H20N2O3S/c1-10(17)15-11(12-5-4-8-19-12)9-13(18)14-6-2-3-7-16/h4-5,8,11,16H,2-3,6-7,9H2,1H3,(H,14,18)(H,15,17). The van der Waals surface area contributed by atoms with Gasteiger partial charge in [-0.3, -0.25) is 9.59 Å². The van der Waals surface area contributed by atoms with E-state index < -0.39 is 0 Å². The Morgan fingerprint density at radius 3 is 2.79 bits per heavy atom. The van der Waals surface area contributed by atoms with E-state index in [4.69, 9.17) is 5.11 Å². The lowest BCUT2D eigenvalue weighted by Gasteiger charge is -2.16. The van der Waals surface area contributed by atoms with E-state index in [1.807, 2.05) is 17.5 Å². The van der Waals surface area contributed by atoms with Gasteiger partial charge in [0.15, 0.2) is 0 Å². The summed E-state index contributed by atoms with van der Waals surface area (Å²) in [4.78, 5) is 23.9. The van der Waals surface area contributed by atoms with Gasteiger partial charge in [0.05, 0.1) is 12.5 Å². The molecule has 3 N–H and O–H groups in total. The minimum atomic E-state index is -0.268. The Morgan fingerprint density at radius 1 is 1.42 bits per heavy atom. The molecule has 19 heavy (non-hydrogen) atoms. The van der Waals surface area contributed by atoms with Crippen LogP contribution in [0.15, 0.2) is 17.5 Å². The van der Waals surface area contributed by atoms with Crippen molar-refractivity contribution in [2.75, 3.05) is 13.2 Å². The maximum Gasteiger partial charge on any atom is 0.222 e. The number of aliphatic hydroxyl groups is 1. The molecule has 1 atom stereocenters. The Bertz CT molecular complexity index is 393. The molecule has 1 aromatic rings. The number of nitrogens with one attached hydrogen (secondary N) is 2. The van der Waals surface area contributed by atoms with Gasteiger partial charge in [-0.15, -0.1) is 11.3 Å². The Kier molecular flexibility index (Phi) is 7.14. The molecule has 1 aromatic heterocycles. The van der Waals surface area contributed by atoms with E-state index in [2.05, 4.69) is 10.6 Å². The zero-order chi connectivity index (χ0) is 14.1. The van der Waals surface area contributed by atoms with Gasteiger partial charge in [-0.2, -0.15) is 0 Å².